The summed E-state index contributed by atoms with van der Waals surface area (Å²) < 4.78 is 17.4. The van der Waals surface area contributed by atoms with Crippen molar-refractivity contribution in [3.8, 4) is 0 Å². The second kappa shape index (κ2) is 88.3. The number of hydrogen-bond acceptors (Lipinski definition) is 38. The second-order valence-electron chi connectivity index (χ2n) is 29.9. The molecule has 49 heteroatoms. The molecule has 0 radical (unpaired) electrons. The molecule has 1 fully saturated rings. The van der Waals surface area contributed by atoms with Crippen molar-refractivity contribution in [3.05, 3.63) is 166 Å². The van der Waals surface area contributed by atoms with Crippen LogP contribution in [0.4, 0.5) is 5.69 Å². The number of aliphatic hydroxyl groups excluding tert-OH is 1. The fourth-order valence-electron chi connectivity index (χ4n) is 11.9. The maximum Gasteiger partial charge on any atom is 1.00 e. The summed E-state index contributed by atoms with van der Waals surface area (Å²) in [6, 6.07) is 37.8. The van der Waals surface area contributed by atoms with Crippen LogP contribution in [-0.4, -0.2) is 298 Å². The van der Waals surface area contributed by atoms with Gasteiger partial charge in [-0.1, -0.05) is 97.1 Å². The van der Waals surface area contributed by atoms with E-state index < -0.39 is 35.8 Å². The first kappa shape index (κ1) is 134. The number of aliphatic hydroxyl groups is 1. The molecule has 1 heterocycles. The summed E-state index contributed by atoms with van der Waals surface area (Å²) in [7, 11) is 3.57. The molecule has 0 bridgehead atoms. The zero-order valence-corrected chi connectivity index (χ0v) is 85.2. The van der Waals surface area contributed by atoms with E-state index >= 15 is 0 Å². The van der Waals surface area contributed by atoms with Crippen LogP contribution in [0.2, 0.25) is 0 Å². The standard InChI is InChI=1S/C24H42N8O4.C22H34N4O6.C20H30N4O6.C12H22N4.C7H5NO3S2.C4H4O3.C2H8N2.CH4O.Na/c25-9-13-29-21(33)5-7-23(35)31(15-11-27)17-19-1-2-20(4-3-19)18-32(16-12-28)24(36)8-6-22(34)30-14-10-26;1-31-21(29)9-7-19(27)25(13-11-23)15-17-3-5-18(6-4-17)16-26(14-12-24)20(28)8-10-22(30)32-2;21-9-11-23(17(25)5-7-19(27)28)13-15-1-2-16(4-3-15)14-24(12-10-22)18(26)6-8-20(29)30;13-5-7-15-9-11-1-2-12(4-3-11)10-16-8-6-14;9-10-11-13-7-3-1-6(2-4-7)8-5-12;5-3-1-2-4(6)7-3;3-1-2-4;1-2;/h1-4H,5-18,25-28H2,(H,29,33)(H,30,34);3-6H,7-16,23-24H2,1-2H3;1-4H,5-14,21-22H2,(H,27,28)(H,29,30);1-4,15-16H,5-10,13-14H2;1-4,9H;1-2H2;1-4H2;2H,1H3;/q;;;;;;;;+1/p-1. The molecule has 141 heavy (non-hydrogen) atoms. The van der Waals surface area contributed by atoms with Crippen molar-refractivity contribution in [1.29, 1.82) is 0 Å². The second-order valence-corrected chi connectivity index (χ2v) is 30.8. The van der Waals surface area contributed by atoms with Crippen molar-refractivity contribution in [2.45, 2.75) is 147 Å². The number of nitrogens with two attached hydrogens (primary N) is 12. The number of nitrogens with one attached hydrogen (secondary N) is 4. The molecule has 0 spiro atoms. The molecule has 31 N–H and O–H groups in total. The summed E-state index contributed by atoms with van der Waals surface area (Å²) in [6.45, 7) is 13.5. The van der Waals surface area contributed by atoms with Gasteiger partial charge in [0, 0.05) is 260 Å². The van der Waals surface area contributed by atoms with Crippen LogP contribution in [0.1, 0.15) is 134 Å². The summed E-state index contributed by atoms with van der Waals surface area (Å²) in [5.41, 5.74) is 73.7. The smallest absolute Gasteiger partial charge is 0.691 e. The van der Waals surface area contributed by atoms with E-state index in [-0.39, 0.29) is 180 Å². The Morgan fingerprint density at radius 1 is 0.376 bits per heavy atom. The molecule has 782 valence electrons. The Morgan fingerprint density at radius 3 is 0.830 bits per heavy atom. The van der Waals surface area contributed by atoms with Gasteiger partial charge < -0.3 is 154 Å². The van der Waals surface area contributed by atoms with E-state index in [2.05, 4.69) is 91.5 Å². The molecule has 1 aliphatic rings. The summed E-state index contributed by atoms with van der Waals surface area (Å²) >= 11 is 5.25. The van der Waals surface area contributed by atoms with Crippen LogP contribution < -0.4 is 125 Å². The van der Waals surface area contributed by atoms with Crippen molar-refractivity contribution in [1.82, 2.24) is 50.7 Å². The van der Waals surface area contributed by atoms with Gasteiger partial charge in [0.05, 0.1) is 75.6 Å². The zero-order chi connectivity index (χ0) is 105. The monoisotopic (exact) mass is 2030 g/mol. The molecule has 6 rings (SSSR count). The number of hydrogen-bond donors (Lipinski definition) is 19. The molecule has 0 aromatic heterocycles. The van der Waals surface area contributed by atoms with Crippen LogP contribution >= 0.6 is 24.3 Å². The number of carboxylic acid groups (broad SMARTS) is 2. The Hall–Kier alpha value is -10.7. The van der Waals surface area contributed by atoms with Crippen LogP contribution in [0.15, 0.2) is 131 Å². The largest absolute Gasteiger partial charge is 1.00 e. The van der Waals surface area contributed by atoms with E-state index in [1.807, 2.05) is 72.8 Å². The molecule has 1 saturated heterocycles. The minimum absolute atomic E-state index is 0. The van der Waals surface area contributed by atoms with Gasteiger partial charge in [-0.3, -0.25) is 72.2 Å². The number of nitrogens with zero attached hydrogens (tertiary/aromatic N) is 7. The van der Waals surface area contributed by atoms with Gasteiger partial charge in [0.25, 0.3) is 0 Å². The number of methoxy groups -OCH3 is 2. The molecule has 1 aliphatic heterocycles. The van der Waals surface area contributed by atoms with E-state index in [1.54, 1.807) is 43.9 Å². The predicted molar refractivity (Wildman–Crippen MR) is 529 cm³/mol. The number of benzene rings is 5. The number of carboxylic acids is 2. The minimum atomic E-state index is -1.03. The Labute approximate surface area is 856 Å². The SMILES string of the molecule is CO.COC(=O)CCC(=O)N(CCN)Cc1ccc(CN(CCN)C(=O)CCC(=O)OC)cc1.NCCN.NCCN(Cc1ccc(CN(CCN)C(=O)CCC(=O)O)cc1)C(=O)CCC(=O)O.NCCNC(=O)CCC(=O)N(CCN)Cc1ccc(CN(CCN)C(=O)CCC(=O)NCCN)cc1.NCCNCc1ccc(CNCCN)cc1.O=C1CCC(=O)O1.[Na+].[O-]OOSc1ccc(N=C=S)cc1. The molecule has 0 saturated carbocycles. The Morgan fingerprint density at radius 2 is 0.624 bits per heavy atom. The molecule has 5 aromatic carbocycles. The van der Waals surface area contributed by atoms with Gasteiger partial charge in [0.2, 0.25) is 47.3 Å². The summed E-state index contributed by atoms with van der Waals surface area (Å²) in [5, 5.41) is 51.2. The van der Waals surface area contributed by atoms with Gasteiger partial charge in [-0.05, 0) is 81.0 Å². The van der Waals surface area contributed by atoms with E-state index in [4.69, 9.17) is 84.1 Å². The van der Waals surface area contributed by atoms with E-state index in [9.17, 15) is 72.4 Å². The average Bonchev–Trinajstić information content (AvgIpc) is 1.43. The number of aliphatic imine (C=N–C) groups is 1. The van der Waals surface area contributed by atoms with Gasteiger partial charge in [-0.25, -0.2) is 0 Å². The predicted octanol–water partition coefficient (Wildman–Crippen LogP) is -5.07. The Kier molecular flexibility index (Phi) is 84.1. The number of thiocarbonyl (C=S) groups is 1. The van der Waals surface area contributed by atoms with Gasteiger partial charge in [0.1, 0.15) is 0 Å². The third-order valence-electron chi connectivity index (χ3n) is 19.0. The maximum absolute atomic E-state index is 12.6. The minimum Gasteiger partial charge on any atom is -0.691 e. The number of esters is 4. The molecule has 46 nitrogen and oxygen atoms in total. The first-order valence-corrected chi connectivity index (χ1v) is 46.4. The third-order valence-corrected chi connectivity index (χ3v) is 19.6. The van der Waals surface area contributed by atoms with Crippen LogP contribution in [0, 0.1) is 0 Å². The van der Waals surface area contributed by atoms with E-state index in [0.29, 0.717) is 163 Å². The molecular weight excluding hydrogens is 1880 g/mol. The fraction of sp³-hybridized carbons (Fsp3) is 0.511. The number of carbonyl (C=O) groups excluding carboxylic acids is 12. The average molecular weight is 2030 g/mol. The normalized spacial score (nSPS) is 10.6. The van der Waals surface area contributed by atoms with Crippen molar-refractivity contribution in [2.75, 3.05) is 165 Å². The maximum atomic E-state index is 12.6. The topological polar surface area (TPSA) is 761 Å². The quantitative estimate of drug-likeness (QED) is 0.00165. The van der Waals surface area contributed by atoms with E-state index in [1.165, 1.54) is 35.1 Å². The van der Waals surface area contributed by atoms with Crippen LogP contribution in [0.5, 0.6) is 0 Å². The van der Waals surface area contributed by atoms with E-state index in [0.717, 1.165) is 83.6 Å². The van der Waals surface area contributed by atoms with Gasteiger partial charge in [-0.15, -0.1) is 0 Å². The Balaban J connectivity index is -0.00000168. The fourth-order valence-corrected chi connectivity index (χ4v) is 12.3. The first-order valence-electron chi connectivity index (χ1n) is 45.3. The van der Waals surface area contributed by atoms with Crippen LogP contribution in [-0.2, 0) is 143 Å². The van der Waals surface area contributed by atoms with Crippen LogP contribution in [0.25, 0.3) is 0 Å². The summed E-state index contributed by atoms with van der Waals surface area (Å²) in [5.74, 6) is -5.32. The van der Waals surface area contributed by atoms with Gasteiger partial charge >= 0.3 is 65.4 Å². The first-order chi connectivity index (χ1) is 67.4. The third kappa shape index (κ3) is 69.0. The molecule has 5 aromatic rings. The number of aliphatic carboxylic acids is 2. The molecule has 0 unspecified atom stereocenters. The Bertz CT molecular complexity index is 4140. The van der Waals surface area contributed by atoms with Gasteiger partial charge in [0.15, 0.2) is 0 Å². The molecule has 0 aliphatic carbocycles. The number of amides is 8. The van der Waals surface area contributed by atoms with Crippen molar-refractivity contribution >= 4 is 118 Å². The molecule has 0 atom stereocenters. The number of rotatable bonds is 59. The van der Waals surface area contributed by atoms with Crippen molar-refractivity contribution in [2.24, 2.45) is 73.8 Å². The number of carbonyl (C=O) groups is 14. The molecule has 8 amide bonds. The van der Waals surface area contributed by atoms with Crippen molar-refractivity contribution < 1.29 is 141 Å². The summed E-state index contributed by atoms with van der Waals surface area (Å²) in [4.78, 5) is 176. The zero-order valence-electron chi connectivity index (χ0n) is 81.5. The number of cyclic esters (lactones) is 2. The summed E-state index contributed by atoms with van der Waals surface area (Å²) in [6.07, 6.45) is 0.446. The number of ether oxygens (including phenoxy) is 3. The molecular formula is C92H148N23NaO23S2. The number of isothiocyanates is 1. The van der Waals surface area contributed by atoms with Crippen molar-refractivity contribution in [3.63, 3.8) is 0 Å². The van der Waals surface area contributed by atoms with Gasteiger partial charge in [-0.2, -0.15) is 9.33 Å². The van der Waals surface area contributed by atoms with Crippen LogP contribution in [0.3, 0.4) is 0 Å².